The van der Waals surface area contributed by atoms with Gasteiger partial charge in [0.2, 0.25) is 0 Å². The minimum atomic E-state index is -3.75. The lowest BCUT2D eigenvalue weighted by Crippen LogP contribution is -2.12. The fourth-order valence-corrected chi connectivity index (χ4v) is 2.86. The average molecular weight is 289 g/mol. The van der Waals surface area contributed by atoms with Crippen LogP contribution in [-0.2, 0) is 15.9 Å². The van der Waals surface area contributed by atoms with E-state index in [1.807, 2.05) is 30.3 Å². The summed E-state index contributed by atoms with van der Waals surface area (Å²) in [6.45, 7) is 0. The topological polar surface area (TPSA) is 69.4 Å². The molecule has 5 nitrogen and oxygen atoms in total. The molecule has 0 aliphatic rings. The molecule has 6 heteroatoms. The lowest BCUT2D eigenvalue weighted by molar-refractivity contribution is 0.412. The Kier molecular flexibility index (Phi) is 3.15. The minimum Gasteiger partial charge on any atom is -0.382 e. The van der Waals surface area contributed by atoms with E-state index in [0.29, 0.717) is 5.69 Å². The van der Waals surface area contributed by atoms with E-state index in [1.54, 1.807) is 12.1 Å². The van der Waals surface area contributed by atoms with E-state index in [-0.39, 0.29) is 11.5 Å². The maximum atomic E-state index is 11.9. The first-order chi connectivity index (χ1) is 9.62. The maximum absolute atomic E-state index is 11.9. The smallest absolute Gasteiger partial charge is 0.315 e. The van der Waals surface area contributed by atoms with Crippen molar-refractivity contribution in [2.24, 2.45) is 0 Å². The molecule has 0 fully saturated rings. The van der Waals surface area contributed by atoms with Crippen LogP contribution >= 0.6 is 0 Å². The van der Waals surface area contributed by atoms with Crippen LogP contribution in [0.1, 0.15) is 5.69 Å². The summed E-state index contributed by atoms with van der Waals surface area (Å²) in [7, 11) is -3.75. The number of hydrogen-bond acceptors (Lipinski definition) is 5. The van der Waals surface area contributed by atoms with E-state index in [1.165, 1.54) is 12.3 Å². The minimum absolute atomic E-state index is 0.284. The summed E-state index contributed by atoms with van der Waals surface area (Å²) < 4.78 is 33.5. The number of benzene rings is 2. The Morgan fingerprint density at radius 1 is 1.05 bits per heavy atom. The number of aromatic nitrogens is 1. The van der Waals surface area contributed by atoms with Gasteiger partial charge < -0.3 is 8.71 Å². The van der Waals surface area contributed by atoms with Crippen LogP contribution in [0.25, 0.3) is 10.8 Å². The van der Waals surface area contributed by atoms with Crippen LogP contribution in [0, 0.1) is 0 Å². The average Bonchev–Trinajstić information content (AvgIpc) is 2.90. The van der Waals surface area contributed by atoms with Crippen molar-refractivity contribution < 1.29 is 17.1 Å². The summed E-state index contributed by atoms with van der Waals surface area (Å²) in [5.41, 5.74) is 0.311. The molecular weight excluding hydrogens is 278 g/mol. The number of fused-ring (bicyclic) bond motifs is 1. The third-order valence-corrected chi connectivity index (χ3v) is 3.86. The van der Waals surface area contributed by atoms with Gasteiger partial charge in [-0.2, -0.15) is 8.42 Å². The van der Waals surface area contributed by atoms with Gasteiger partial charge in [0.1, 0.15) is 23.5 Å². The van der Waals surface area contributed by atoms with Gasteiger partial charge in [-0.1, -0.05) is 35.5 Å². The van der Waals surface area contributed by atoms with Crippen LogP contribution in [0.15, 0.2) is 59.3 Å². The zero-order valence-electron chi connectivity index (χ0n) is 10.4. The predicted molar refractivity (Wildman–Crippen MR) is 73.7 cm³/mol. The SMILES string of the molecule is O=S(=O)(Cc1ccon1)Oc1ccc2ccccc2c1. The predicted octanol–water partition coefficient (Wildman–Crippen LogP) is 2.74. The maximum Gasteiger partial charge on any atom is 0.315 e. The lowest BCUT2D eigenvalue weighted by atomic mass is 10.1. The number of rotatable bonds is 4. The Balaban J connectivity index is 1.85. The molecule has 0 unspecified atom stereocenters. The van der Waals surface area contributed by atoms with Crippen molar-refractivity contribution in [2.45, 2.75) is 5.75 Å². The molecule has 0 atom stereocenters. The summed E-state index contributed by atoms with van der Waals surface area (Å²) in [6.07, 6.45) is 1.32. The molecular formula is C14H11NO4S. The molecule has 0 amide bonds. The highest BCUT2D eigenvalue weighted by molar-refractivity contribution is 7.86. The third-order valence-electron chi connectivity index (χ3n) is 2.76. The van der Waals surface area contributed by atoms with Crippen molar-refractivity contribution in [1.82, 2.24) is 5.16 Å². The summed E-state index contributed by atoms with van der Waals surface area (Å²) in [4.78, 5) is 0. The second kappa shape index (κ2) is 4.97. The van der Waals surface area contributed by atoms with E-state index >= 15 is 0 Å². The van der Waals surface area contributed by atoms with E-state index in [0.717, 1.165) is 10.8 Å². The Hall–Kier alpha value is -2.34. The van der Waals surface area contributed by atoms with Crippen molar-refractivity contribution in [1.29, 1.82) is 0 Å². The molecule has 0 N–H and O–H groups in total. The van der Waals surface area contributed by atoms with E-state index < -0.39 is 10.1 Å². The van der Waals surface area contributed by atoms with Gasteiger partial charge in [0.15, 0.2) is 0 Å². The van der Waals surface area contributed by atoms with Crippen LogP contribution in [0.2, 0.25) is 0 Å². The van der Waals surface area contributed by atoms with Crippen LogP contribution in [0.5, 0.6) is 5.75 Å². The molecule has 20 heavy (non-hydrogen) atoms. The second-order valence-corrected chi connectivity index (χ2v) is 5.86. The first-order valence-electron chi connectivity index (χ1n) is 5.93. The van der Waals surface area contributed by atoms with Crippen molar-refractivity contribution in [3.8, 4) is 5.75 Å². The van der Waals surface area contributed by atoms with E-state index in [2.05, 4.69) is 9.68 Å². The monoisotopic (exact) mass is 289 g/mol. The molecule has 2 aromatic carbocycles. The molecule has 1 heterocycles. The third kappa shape index (κ3) is 2.80. The molecule has 0 spiro atoms. The van der Waals surface area contributed by atoms with Crippen LogP contribution in [-0.4, -0.2) is 13.6 Å². The lowest BCUT2D eigenvalue weighted by Gasteiger charge is -2.06. The van der Waals surface area contributed by atoms with E-state index in [9.17, 15) is 8.42 Å². The standard InChI is InChI=1S/C14H11NO4S/c16-20(17,10-13-7-8-18-15-13)19-14-6-5-11-3-1-2-4-12(11)9-14/h1-9H,10H2. The highest BCUT2D eigenvalue weighted by Gasteiger charge is 2.16. The van der Waals surface area contributed by atoms with Gasteiger partial charge in [-0.15, -0.1) is 0 Å². The van der Waals surface area contributed by atoms with Gasteiger partial charge in [0.25, 0.3) is 0 Å². The van der Waals surface area contributed by atoms with Gasteiger partial charge in [0, 0.05) is 6.07 Å². The second-order valence-electron chi connectivity index (χ2n) is 4.29. The summed E-state index contributed by atoms with van der Waals surface area (Å²) in [5, 5.41) is 5.50. The summed E-state index contributed by atoms with van der Waals surface area (Å²) in [6, 6.07) is 14.3. The molecule has 1 aromatic heterocycles. The van der Waals surface area contributed by atoms with Crippen LogP contribution in [0.4, 0.5) is 0 Å². The molecule has 0 saturated carbocycles. The van der Waals surface area contributed by atoms with Crippen LogP contribution < -0.4 is 4.18 Å². The first-order valence-corrected chi connectivity index (χ1v) is 7.50. The Bertz CT molecular complexity index is 825. The molecule has 3 rings (SSSR count). The van der Waals surface area contributed by atoms with Crippen molar-refractivity contribution in [3.63, 3.8) is 0 Å². The molecule has 0 saturated heterocycles. The zero-order valence-corrected chi connectivity index (χ0v) is 11.2. The summed E-state index contributed by atoms with van der Waals surface area (Å²) >= 11 is 0. The largest absolute Gasteiger partial charge is 0.382 e. The highest BCUT2D eigenvalue weighted by atomic mass is 32.2. The molecule has 102 valence electrons. The van der Waals surface area contributed by atoms with Gasteiger partial charge in [-0.3, -0.25) is 0 Å². The van der Waals surface area contributed by atoms with E-state index in [4.69, 9.17) is 4.18 Å². The Morgan fingerprint density at radius 3 is 2.60 bits per heavy atom. The Morgan fingerprint density at radius 2 is 1.85 bits per heavy atom. The first kappa shape index (κ1) is 12.7. The van der Waals surface area contributed by atoms with Gasteiger partial charge in [-0.05, 0) is 22.9 Å². The molecule has 0 radical (unpaired) electrons. The van der Waals surface area contributed by atoms with Gasteiger partial charge >= 0.3 is 10.1 Å². The van der Waals surface area contributed by atoms with Crippen molar-refractivity contribution in [2.75, 3.05) is 0 Å². The summed E-state index contributed by atoms with van der Waals surface area (Å²) in [5.74, 6) is -0.0386. The zero-order chi connectivity index (χ0) is 14.0. The van der Waals surface area contributed by atoms with Crippen molar-refractivity contribution in [3.05, 3.63) is 60.5 Å². The molecule has 0 bridgehead atoms. The molecule has 0 aliphatic carbocycles. The molecule has 3 aromatic rings. The number of hydrogen-bond donors (Lipinski definition) is 0. The van der Waals surface area contributed by atoms with Gasteiger partial charge in [0.05, 0.1) is 0 Å². The van der Waals surface area contributed by atoms with Gasteiger partial charge in [-0.25, -0.2) is 0 Å². The van der Waals surface area contributed by atoms with Crippen molar-refractivity contribution >= 4 is 20.9 Å². The highest BCUT2D eigenvalue weighted by Crippen LogP contribution is 2.22. The fourth-order valence-electron chi connectivity index (χ4n) is 1.89. The quantitative estimate of drug-likeness (QED) is 0.691. The normalized spacial score (nSPS) is 11.6. The fraction of sp³-hybridized carbons (Fsp3) is 0.0714. The molecule has 0 aliphatic heterocycles. The Labute approximate surface area is 115 Å². The van der Waals surface area contributed by atoms with Crippen LogP contribution in [0.3, 0.4) is 0 Å². The number of nitrogens with zero attached hydrogens (tertiary/aromatic N) is 1.